The van der Waals surface area contributed by atoms with Crippen LogP contribution in [0.25, 0.3) is 0 Å². The lowest BCUT2D eigenvalue weighted by molar-refractivity contribution is -0.132. The number of ether oxygens (including phenoxy) is 1. The Labute approximate surface area is 217 Å². The third-order valence-electron chi connectivity index (χ3n) is 8.51. The molecule has 0 bridgehead atoms. The fourth-order valence-corrected chi connectivity index (χ4v) is 14.7. The van der Waals surface area contributed by atoms with Crippen LogP contribution < -0.4 is 9.92 Å². The standard InChI is InChI=1S/C29H51NO3Si2/c1-11-13-28(34(9,10)27-17-15-26(32-8)16-18-27)20-29(31)30-19-12-14-25(30)21-33-35(22(2)3,23(4)5)24(6)7/h11,13,15-18,22-25,28H,12,14,19-21H2,1-10H3/b13-11+/t25-,28+/m0/s1. The van der Waals surface area contributed by atoms with E-state index in [1.807, 2.05) is 12.1 Å². The van der Waals surface area contributed by atoms with Crippen LogP contribution in [0.4, 0.5) is 0 Å². The third-order valence-corrected chi connectivity index (χ3v) is 18.7. The van der Waals surface area contributed by atoms with E-state index in [9.17, 15) is 4.79 Å². The van der Waals surface area contributed by atoms with E-state index in [1.165, 1.54) is 5.19 Å². The molecule has 0 saturated carbocycles. The van der Waals surface area contributed by atoms with Gasteiger partial charge in [-0.25, -0.2) is 0 Å². The van der Waals surface area contributed by atoms with Crippen molar-refractivity contribution < 1.29 is 14.0 Å². The second-order valence-corrected chi connectivity index (χ2v) is 22.0. The number of carbonyl (C=O) groups is 1. The number of nitrogens with zero attached hydrogens (tertiary/aromatic N) is 1. The highest BCUT2D eigenvalue weighted by molar-refractivity contribution is 6.91. The molecule has 0 aromatic heterocycles. The Balaban J connectivity index is 2.17. The van der Waals surface area contributed by atoms with Gasteiger partial charge in [0.05, 0.1) is 27.8 Å². The molecular weight excluding hydrogens is 466 g/mol. The topological polar surface area (TPSA) is 38.8 Å². The summed E-state index contributed by atoms with van der Waals surface area (Å²) in [6.45, 7) is 22.4. The Kier molecular flexibility index (Phi) is 10.9. The first-order valence-electron chi connectivity index (χ1n) is 13.6. The van der Waals surface area contributed by atoms with Gasteiger partial charge in [0.2, 0.25) is 5.91 Å². The first kappa shape index (κ1) is 29.9. The van der Waals surface area contributed by atoms with Crippen LogP contribution in [-0.2, 0) is 9.22 Å². The fourth-order valence-electron chi connectivity index (χ4n) is 6.41. The number of hydrogen-bond acceptors (Lipinski definition) is 3. The number of rotatable bonds is 12. The highest BCUT2D eigenvalue weighted by atomic mass is 28.4. The maximum absolute atomic E-state index is 13.7. The molecule has 4 nitrogen and oxygen atoms in total. The third kappa shape index (κ3) is 6.69. The van der Waals surface area contributed by atoms with Crippen LogP contribution in [0.15, 0.2) is 36.4 Å². The largest absolute Gasteiger partial charge is 0.497 e. The van der Waals surface area contributed by atoms with E-state index in [0.717, 1.165) is 25.1 Å². The van der Waals surface area contributed by atoms with Crippen LogP contribution >= 0.6 is 0 Å². The fraction of sp³-hybridized carbons (Fsp3) is 0.690. The van der Waals surface area contributed by atoms with Gasteiger partial charge in [-0.2, -0.15) is 0 Å². The second-order valence-electron chi connectivity index (χ2n) is 11.8. The van der Waals surface area contributed by atoms with Crippen molar-refractivity contribution in [3.63, 3.8) is 0 Å². The molecule has 2 rings (SSSR count). The van der Waals surface area contributed by atoms with Crippen LogP contribution in [0.5, 0.6) is 5.75 Å². The van der Waals surface area contributed by atoms with E-state index in [0.29, 0.717) is 35.6 Å². The summed E-state index contributed by atoms with van der Waals surface area (Å²) >= 11 is 0. The summed E-state index contributed by atoms with van der Waals surface area (Å²) in [7, 11) is -2.15. The quantitative estimate of drug-likeness (QED) is 0.219. The molecule has 35 heavy (non-hydrogen) atoms. The average molecular weight is 518 g/mol. The number of methoxy groups -OCH3 is 1. The molecule has 1 saturated heterocycles. The first-order valence-corrected chi connectivity index (χ1v) is 18.8. The molecule has 198 valence electrons. The monoisotopic (exact) mass is 517 g/mol. The van der Waals surface area contributed by atoms with Gasteiger partial charge in [-0.15, -0.1) is 0 Å². The molecule has 1 aliphatic heterocycles. The van der Waals surface area contributed by atoms with E-state index < -0.39 is 16.4 Å². The maximum Gasteiger partial charge on any atom is 0.223 e. The lowest BCUT2D eigenvalue weighted by Gasteiger charge is -2.43. The highest BCUT2D eigenvalue weighted by Gasteiger charge is 2.46. The summed E-state index contributed by atoms with van der Waals surface area (Å²) in [5.41, 5.74) is 1.93. The Bertz CT molecular complexity index is 811. The zero-order valence-electron chi connectivity index (χ0n) is 24.1. The van der Waals surface area contributed by atoms with Gasteiger partial charge in [-0.3, -0.25) is 4.79 Å². The summed E-state index contributed by atoms with van der Waals surface area (Å²) in [5, 5.41) is 1.36. The minimum atomic E-state index is -1.94. The molecule has 0 unspecified atom stereocenters. The number of carbonyl (C=O) groups excluding carboxylic acids is 1. The van der Waals surface area contributed by atoms with Gasteiger partial charge in [-0.1, -0.05) is 84.1 Å². The maximum atomic E-state index is 13.7. The summed E-state index contributed by atoms with van der Waals surface area (Å²) in [5.74, 6) is 1.17. The Hall–Kier alpha value is -1.38. The van der Waals surface area contributed by atoms with E-state index in [4.69, 9.17) is 9.16 Å². The van der Waals surface area contributed by atoms with Crippen molar-refractivity contribution in [2.24, 2.45) is 0 Å². The van der Waals surface area contributed by atoms with Gasteiger partial charge in [0.15, 0.2) is 8.32 Å². The summed E-state index contributed by atoms with van der Waals surface area (Å²) < 4.78 is 12.3. The molecule has 1 fully saturated rings. The Morgan fingerprint density at radius 3 is 2.11 bits per heavy atom. The predicted molar refractivity (Wildman–Crippen MR) is 155 cm³/mol. The van der Waals surface area contributed by atoms with Crippen molar-refractivity contribution in [2.45, 2.75) is 109 Å². The van der Waals surface area contributed by atoms with Crippen molar-refractivity contribution >= 4 is 27.5 Å². The number of likely N-dealkylation sites (tertiary alicyclic amines) is 1. The molecule has 0 radical (unpaired) electrons. The zero-order chi connectivity index (χ0) is 26.4. The minimum absolute atomic E-state index is 0.211. The summed E-state index contributed by atoms with van der Waals surface area (Å²) in [4.78, 5) is 15.8. The summed E-state index contributed by atoms with van der Waals surface area (Å²) in [6.07, 6.45) is 7.09. The van der Waals surface area contributed by atoms with Crippen molar-refractivity contribution in [1.29, 1.82) is 0 Å². The highest BCUT2D eigenvalue weighted by Crippen LogP contribution is 2.42. The number of allylic oxidation sites excluding steroid dienone is 2. The predicted octanol–water partition coefficient (Wildman–Crippen LogP) is 7.13. The van der Waals surface area contributed by atoms with Gasteiger partial charge in [0.25, 0.3) is 0 Å². The van der Waals surface area contributed by atoms with Gasteiger partial charge >= 0.3 is 0 Å². The van der Waals surface area contributed by atoms with Crippen LogP contribution in [0, 0.1) is 0 Å². The number of hydrogen-bond donors (Lipinski definition) is 0. The van der Waals surface area contributed by atoms with Crippen LogP contribution in [0.3, 0.4) is 0 Å². The molecule has 2 atom stereocenters. The smallest absolute Gasteiger partial charge is 0.223 e. The molecular formula is C29H51NO3Si2. The molecule has 1 aromatic carbocycles. The first-order chi connectivity index (χ1) is 16.4. The number of benzene rings is 1. The molecule has 6 heteroatoms. The lowest BCUT2D eigenvalue weighted by atomic mass is 10.2. The lowest BCUT2D eigenvalue weighted by Crippen LogP contribution is -2.51. The Morgan fingerprint density at radius 2 is 1.63 bits per heavy atom. The van der Waals surface area contributed by atoms with Crippen LogP contribution in [0.2, 0.25) is 35.3 Å². The van der Waals surface area contributed by atoms with Crippen molar-refractivity contribution in [1.82, 2.24) is 4.90 Å². The average Bonchev–Trinajstić information content (AvgIpc) is 3.27. The number of amides is 1. The Morgan fingerprint density at radius 1 is 1.06 bits per heavy atom. The van der Waals surface area contributed by atoms with E-state index in [2.05, 4.69) is 90.7 Å². The second kappa shape index (κ2) is 12.7. The molecule has 0 spiro atoms. The normalized spacial score (nSPS) is 18.3. The molecule has 0 aliphatic carbocycles. The van der Waals surface area contributed by atoms with Crippen molar-refractivity contribution in [3.8, 4) is 5.75 Å². The minimum Gasteiger partial charge on any atom is -0.497 e. The van der Waals surface area contributed by atoms with E-state index >= 15 is 0 Å². The zero-order valence-corrected chi connectivity index (χ0v) is 26.1. The van der Waals surface area contributed by atoms with E-state index in [1.54, 1.807) is 7.11 Å². The molecule has 1 heterocycles. The van der Waals surface area contributed by atoms with Gasteiger partial charge in [0, 0.05) is 13.0 Å². The molecule has 0 N–H and O–H groups in total. The van der Waals surface area contributed by atoms with E-state index in [-0.39, 0.29) is 11.6 Å². The summed E-state index contributed by atoms with van der Waals surface area (Å²) in [6, 6.07) is 8.67. The SMILES string of the molecule is C/C=C/[C@H](CC(=O)N1CCC[C@H]1CO[Si](C(C)C)(C(C)C)C(C)C)[Si](C)(C)c1ccc(OC)cc1. The van der Waals surface area contributed by atoms with Gasteiger partial charge < -0.3 is 14.1 Å². The van der Waals surface area contributed by atoms with Crippen LogP contribution in [0.1, 0.15) is 67.7 Å². The van der Waals surface area contributed by atoms with Gasteiger partial charge in [0.1, 0.15) is 5.75 Å². The van der Waals surface area contributed by atoms with Crippen molar-refractivity contribution in [3.05, 3.63) is 36.4 Å². The molecule has 1 amide bonds. The molecule has 1 aliphatic rings. The molecule has 1 aromatic rings. The van der Waals surface area contributed by atoms with Crippen molar-refractivity contribution in [2.75, 3.05) is 20.3 Å². The van der Waals surface area contributed by atoms with Gasteiger partial charge in [-0.05, 0) is 54.1 Å². The van der Waals surface area contributed by atoms with Crippen LogP contribution in [-0.4, -0.2) is 53.5 Å².